The van der Waals surface area contributed by atoms with Gasteiger partial charge in [0.15, 0.2) is 0 Å². The summed E-state index contributed by atoms with van der Waals surface area (Å²) in [4.78, 5) is 0. The van der Waals surface area contributed by atoms with Crippen LogP contribution in [0.15, 0.2) is 35.3 Å². The minimum atomic E-state index is -4.35. The van der Waals surface area contributed by atoms with Crippen LogP contribution in [0.2, 0.25) is 0 Å². The highest BCUT2D eigenvalue weighted by molar-refractivity contribution is 9.10. The number of halogens is 4. The van der Waals surface area contributed by atoms with Crippen LogP contribution in [0.1, 0.15) is 5.56 Å². The van der Waals surface area contributed by atoms with E-state index < -0.39 is 11.7 Å². The molecule has 0 unspecified atom stereocenters. The van der Waals surface area contributed by atoms with Crippen molar-refractivity contribution in [1.29, 1.82) is 0 Å². The van der Waals surface area contributed by atoms with E-state index in [1.807, 2.05) is 0 Å². The van der Waals surface area contributed by atoms with Crippen LogP contribution >= 0.6 is 15.9 Å². The molecule has 0 N–H and O–H groups in total. The average molecular weight is 281 g/mol. The molecule has 1 aromatic rings. The van der Waals surface area contributed by atoms with Gasteiger partial charge in [-0.1, -0.05) is 12.7 Å². The summed E-state index contributed by atoms with van der Waals surface area (Å²) in [5.74, 6) is 0.157. The van der Waals surface area contributed by atoms with E-state index in [1.165, 1.54) is 12.1 Å². The lowest BCUT2D eigenvalue weighted by Gasteiger charge is -2.10. The molecule has 0 aliphatic rings. The molecule has 1 rings (SSSR count). The molecule has 82 valence electrons. The van der Waals surface area contributed by atoms with Gasteiger partial charge in [0.2, 0.25) is 0 Å². The molecular weight excluding hydrogens is 273 g/mol. The molecule has 0 bridgehead atoms. The van der Waals surface area contributed by atoms with Gasteiger partial charge < -0.3 is 4.74 Å². The Balaban J connectivity index is 3.00. The van der Waals surface area contributed by atoms with Gasteiger partial charge in [-0.25, -0.2) is 0 Å². The Bertz CT molecular complexity index is 360. The molecule has 1 nitrogen and oxygen atoms in total. The maximum Gasteiger partial charge on any atom is 0.416 e. The molecule has 0 heterocycles. The van der Waals surface area contributed by atoms with Crippen LogP contribution in [0.3, 0.4) is 0 Å². The van der Waals surface area contributed by atoms with Crippen LogP contribution in [0, 0.1) is 0 Å². The highest BCUT2D eigenvalue weighted by Crippen LogP contribution is 2.34. The molecule has 0 saturated heterocycles. The third-order valence-electron chi connectivity index (χ3n) is 1.62. The Morgan fingerprint density at radius 1 is 1.40 bits per heavy atom. The minimum absolute atomic E-state index is 0.157. The number of rotatable bonds is 3. The average Bonchev–Trinajstić information content (AvgIpc) is 2.15. The molecule has 1 aromatic carbocycles. The molecule has 0 spiro atoms. The molecule has 0 radical (unpaired) electrons. The zero-order chi connectivity index (χ0) is 11.5. The highest BCUT2D eigenvalue weighted by Gasteiger charge is 2.31. The second-order valence-electron chi connectivity index (χ2n) is 2.74. The van der Waals surface area contributed by atoms with Gasteiger partial charge in [0.25, 0.3) is 0 Å². The summed E-state index contributed by atoms with van der Waals surface area (Å²) in [6.07, 6.45) is -2.89. The quantitative estimate of drug-likeness (QED) is 0.760. The topological polar surface area (TPSA) is 9.23 Å². The SMILES string of the molecule is C=CCOc1cc(C(F)(F)F)ccc1Br. The van der Waals surface area contributed by atoms with Crippen molar-refractivity contribution in [2.24, 2.45) is 0 Å². The lowest BCUT2D eigenvalue weighted by Crippen LogP contribution is -2.05. The number of alkyl halides is 3. The van der Waals surface area contributed by atoms with Crippen molar-refractivity contribution < 1.29 is 17.9 Å². The Kier molecular flexibility index (Phi) is 3.79. The monoisotopic (exact) mass is 280 g/mol. The first kappa shape index (κ1) is 12.1. The van der Waals surface area contributed by atoms with Crippen molar-refractivity contribution in [3.8, 4) is 5.75 Å². The van der Waals surface area contributed by atoms with Crippen LogP contribution in [0.5, 0.6) is 5.75 Å². The maximum atomic E-state index is 12.3. The van der Waals surface area contributed by atoms with E-state index in [1.54, 1.807) is 0 Å². The summed E-state index contributed by atoms with van der Waals surface area (Å²) in [6, 6.07) is 3.25. The van der Waals surface area contributed by atoms with Crippen molar-refractivity contribution in [2.45, 2.75) is 6.18 Å². The molecule has 5 heteroatoms. The molecule has 0 aliphatic heterocycles. The lowest BCUT2D eigenvalue weighted by molar-refractivity contribution is -0.137. The first-order valence-electron chi connectivity index (χ1n) is 4.05. The second kappa shape index (κ2) is 4.70. The highest BCUT2D eigenvalue weighted by atomic mass is 79.9. The molecule has 0 saturated carbocycles. The lowest BCUT2D eigenvalue weighted by atomic mass is 10.2. The zero-order valence-corrected chi connectivity index (χ0v) is 9.23. The molecule has 0 aliphatic carbocycles. The van der Waals surface area contributed by atoms with Gasteiger partial charge in [0, 0.05) is 0 Å². The van der Waals surface area contributed by atoms with Gasteiger partial charge in [-0.3, -0.25) is 0 Å². The van der Waals surface area contributed by atoms with E-state index in [4.69, 9.17) is 4.74 Å². The van der Waals surface area contributed by atoms with Gasteiger partial charge in [-0.2, -0.15) is 13.2 Å². The Morgan fingerprint density at radius 2 is 2.07 bits per heavy atom. The fraction of sp³-hybridized carbons (Fsp3) is 0.200. The Hall–Kier alpha value is -0.970. The first-order valence-corrected chi connectivity index (χ1v) is 4.85. The Labute approximate surface area is 93.7 Å². The number of benzene rings is 1. The standard InChI is InChI=1S/C10H8BrF3O/c1-2-5-15-9-6-7(10(12,13)14)3-4-8(9)11/h2-4,6H,1,5H2. The smallest absolute Gasteiger partial charge is 0.416 e. The summed E-state index contributed by atoms with van der Waals surface area (Å²) in [5.41, 5.74) is -0.732. The third kappa shape index (κ3) is 3.27. The van der Waals surface area contributed by atoms with Gasteiger partial charge in [-0.05, 0) is 34.1 Å². The number of hydrogen-bond acceptors (Lipinski definition) is 1. The molecular formula is C10H8BrF3O. The second-order valence-corrected chi connectivity index (χ2v) is 3.60. The van der Waals surface area contributed by atoms with Gasteiger partial charge >= 0.3 is 6.18 Å². The fourth-order valence-corrected chi connectivity index (χ4v) is 1.30. The summed E-state index contributed by atoms with van der Waals surface area (Å²) in [5, 5.41) is 0. The fourth-order valence-electron chi connectivity index (χ4n) is 0.939. The van der Waals surface area contributed by atoms with E-state index in [9.17, 15) is 13.2 Å². The summed E-state index contributed by atoms with van der Waals surface area (Å²) in [7, 11) is 0. The number of ether oxygens (including phenoxy) is 1. The summed E-state index contributed by atoms with van der Waals surface area (Å²) >= 11 is 3.10. The van der Waals surface area contributed by atoms with Crippen LogP contribution in [-0.2, 0) is 6.18 Å². The Morgan fingerprint density at radius 3 is 2.60 bits per heavy atom. The molecule has 15 heavy (non-hydrogen) atoms. The first-order chi connectivity index (χ1) is 6.95. The van der Waals surface area contributed by atoms with Crippen molar-refractivity contribution >= 4 is 15.9 Å². The van der Waals surface area contributed by atoms with E-state index in [0.29, 0.717) is 4.47 Å². The minimum Gasteiger partial charge on any atom is -0.488 e. The van der Waals surface area contributed by atoms with E-state index >= 15 is 0 Å². The molecule has 0 amide bonds. The molecule has 0 aromatic heterocycles. The van der Waals surface area contributed by atoms with Crippen LogP contribution in [-0.4, -0.2) is 6.61 Å². The zero-order valence-electron chi connectivity index (χ0n) is 7.64. The third-order valence-corrected chi connectivity index (χ3v) is 2.27. The van der Waals surface area contributed by atoms with Crippen molar-refractivity contribution in [2.75, 3.05) is 6.61 Å². The van der Waals surface area contributed by atoms with Crippen LogP contribution in [0.25, 0.3) is 0 Å². The number of hydrogen-bond donors (Lipinski definition) is 0. The van der Waals surface area contributed by atoms with Crippen LogP contribution < -0.4 is 4.74 Å². The van der Waals surface area contributed by atoms with E-state index in [0.717, 1.165) is 12.1 Å². The molecule has 0 atom stereocenters. The van der Waals surface area contributed by atoms with Gasteiger partial charge in [0.05, 0.1) is 10.0 Å². The van der Waals surface area contributed by atoms with Gasteiger partial charge in [-0.15, -0.1) is 0 Å². The summed E-state index contributed by atoms with van der Waals surface area (Å²) in [6.45, 7) is 3.58. The van der Waals surface area contributed by atoms with Crippen molar-refractivity contribution in [3.63, 3.8) is 0 Å². The van der Waals surface area contributed by atoms with Crippen molar-refractivity contribution in [1.82, 2.24) is 0 Å². The largest absolute Gasteiger partial charge is 0.488 e. The maximum absolute atomic E-state index is 12.3. The van der Waals surface area contributed by atoms with E-state index in [-0.39, 0.29) is 12.4 Å². The normalized spacial score (nSPS) is 11.2. The predicted octanol–water partition coefficient (Wildman–Crippen LogP) is 4.03. The van der Waals surface area contributed by atoms with Crippen LogP contribution in [0.4, 0.5) is 13.2 Å². The van der Waals surface area contributed by atoms with E-state index in [2.05, 4.69) is 22.5 Å². The van der Waals surface area contributed by atoms with Gasteiger partial charge in [0.1, 0.15) is 12.4 Å². The summed E-state index contributed by atoms with van der Waals surface area (Å²) < 4.78 is 42.5. The van der Waals surface area contributed by atoms with Crippen molar-refractivity contribution in [3.05, 3.63) is 40.9 Å². The molecule has 0 fully saturated rings. The predicted molar refractivity (Wildman–Crippen MR) is 54.8 cm³/mol.